The van der Waals surface area contributed by atoms with Gasteiger partial charge in [-0.05, 0) is 18.9 Å². The van der Waals surface area contributed by atoms with Gasteiger partial charge in [-0.2, -0.15) is 0 Å². The van der Waals surface area contributed by atoms with E-state index in [0.717, 1.165) is 63.5 Å². The van der Waals surface area contributed by atoms with Gasteiger partial charge in [-0.25, -0.2) is 0 Å². The van der Waals surface area contributed by atoms with Gasteiger partial charge >= 0.3 is 0 Å². The van der Waals surface area contributed by atoms with Crippen LogP contribution in [0.5, 0.6) is 5.75 Å². The highest BCUT2D eigenvalue weighted by molar-refractivity contribution is 5.86. The van der Waals surface area contributed by atoms with Gasteiger partial charge in [-0.3, -0.25) is 9.69 Å². The first-order valence-electron chi connectivity index (χ1n) is 8.65. The summed E-state index contributed by atoms with van der Waals surface area (Å²) >= 11 is 0. The van der Waals surface area contributed by atoms with Crippen molar-refractivity contribution >= 4 is 5.91 Å². The average molecular weight is 316 g/mol. The minimum absolute atomic E-state index is 0.128. The first-order valence-corrected chi connectivity index (χ1v) is 8.65. The molecule has 3 aliphatic heterocycles. The quantitative estimate of drug-likeness (QED) is 0.847. The summed E-state index contributed by atoms with van der Waals surface area (Å²) in [6.07, 6.45) is 2.22. The number of carbonyl (C=O) groups is 1. The molecule has 1 aromatic carbocycles. The zero-order valence-electron chi connectivity index (χ0n) is 13.4. The normalized spacial score (nSPS) is 27.7. The van der Waals surface area contributed by atoms with Crippen LogP contribution in [0, 0.1) is 0 Å². The Morgan fingerprint density at radius 2 is 2.00 bits per heavy atom. The number of fused-ring (bicyclic) bond motifs is 1. The van der Waals surface area contributed by atoms with Crippen LogP contribution in [0.25, 0.3) is 0 Å². The molecule has 5 heteroatoms. The van der Waals surface area contributed by atoms with Crippen LogP contribution in [0.2, 0.25) is 0 Å². The second-order valence-electron chi connectivity index (χ2n) is 6.64. The highest BCUT2D eigenvalue weighted by atomic mass is 16.5. The minimum Gasteiger partial charge on any atom is -0.492 e. The molecule has 5 nitrogen and oxygen atoms in total. The fourth-order valence-corrected chi connectivity index (χ4v) is 3.96. The summed E-state index contributed by atoms with van der Waals surface area (Å²) in [6, 6.07) is 8.27. The van der Waals surface area contributed by atoms with Crippen molar-refractivity contribution in [1.82, 2.24) is 9.80 Å². The molecule has 0 N–H and O–H groups in total. The van der Waals surface area contributed by atoms with E-state index in [1.807, 2.05) is 24.3 Å². The maximum absolute atomic E-state index is 13.1. The number of morpholine rings is 1. The van der Waals surface area contributed by atoms with Crippen molar-refractivity contribution < 1.29 is 14.3 Å². The summed E-state index contributed by atoms with van der Waals surface area (Å²) in [4.78, 5) is 17.6. The van der Waals surface area contributed by atoms with Crippen LogP contribution in [0.1, 0.15) is 24.3 Å². The lowest BCUT2D eigenvalue weighted by molar-refractivity contribution is -0.134. The zero-order valence-corrected chi connectivity index (χ0v) is 13.4. The van der Waals surface area contributed by atoms with Crippen molar-refractivity contribution in [3.63, 3.8) is 0 Å². The molecule has 3 aliphatic rings. The summed E-state index contributed by atoms with van der Waals surface area (Å²) in [5.74, 6) is 0.983. The SMILES string of the molecule is O=C([C@@H]1COc2ccccc21)N1CCC[C@H]1CN1CCOCC1. The molecule has 4 rings (SSSR count). The number of hydrogen-bond donors (Lipinski definition) is 0. The molecular formula is C18H24N2O3. The monoisotopic (exact) mass is 316 g/mol. The molecule has 2 saturated heterocycles. The van der Waals surface area contributed by atoms with Crippen LogP contribution >= 0.6 is 0 Å². The Balaban J connectivity index is 1.45. The third kappa shape index (κ3) is 2.95. The smallest absolute Gasteiger partial charge is 0.234 e. The third-order valence-corrected chi connectivity index (χ3v) is 5.23. The van der Waals surface area contributed by atoms with E-state index in [0.29, 0.717) is 12.6 Å². The number of para-hydroxylation sites is 1. The van der Waals surface area contributed by atoms with Crippen molar-refractivity contribution in [2.24, 2.45) is 0 Å². The molecule has 0 bridgehead atoms. The van der Waals surface area contributed by atoms with Gasteiger partial charge in [0.05, 0.1) is 13.2 Å². The van der Waals surface area contributed by atoms with Crippen LogP contribution in [-0.2, 0) is 9.53 Å². The van der Waals surface area contributed by atoms with E-state index in [2.05, 4.69) is 9.80 Å². The highest BCUT2D eigenvalue weighted by Gasteiger charge is 2.38. The maximum atomic E-state index is 13.1. The van der Waals surface area contributed by atoms with Crippen LogP contribution in [-0.4, -0.2) is 67.7 Å². The first-order chi connectivity index (χ1) is 11.3. The van der Waals surface area contributed by atoms with Gasteiger partial charge in [-0.1, -0.05) is 18.2 Å². The van der Waals surface area contributed by atoms with E-state index in [4.69, 9.17) is 9.47 Å². The van der Waals surface area contributed by atoms with E-state index in [1.165, 1.54) is 0 Å². The third-order valence-electron chi connectivity index (χ3n) is 5.23. The molecule has 1 aromatic rings. The molecule has 2 fully saturated rings. The van der Waals surface area contributed by atoms with Gasteiger partial charge in [-0.15, -0.1) is 0 Å². The molecule has 0 spiro atoms. The molecule has 0 aliphatic carbocycles. The Labute approximate surface area is 137 Å². The topological polar surface area (TPSA) is 42.0 Å². The van der Waals surface area contributed by atoms with Crippen molar-refractivity contribution in [3.8, 4) is 5.75 Å². The molecule has 0 aromatic heterocycles. The van der Waals surface area contributed by atoms with Crippen LogP contribution < -0.4 is 4.74 Å². The number of carbonyl (C=O) groups excluding carboxylic acids is 1. The van der Waals surface area contributed by atoms with Gasteiger partial charge in [0, 0.05) is 37.8 Å². The predicted octanol–water partition coefficient (Wildman–Crippen LogP) is 1.49. The van der Waals surface area contributed by atoms with Gasteiger partial charge in [0.2, 0.25) is 5.91 Å². The zero-order chi connectivity index (χ0) is 15.6. The number of likely N-dealkylation sites (tertiary alicyclic amines) is 1. The van der Waals surface area contributed by atoms with E-state index in [-0.39, 0.29) is 11.8 Å². The maximum Gasteiger partial charge on any atom is 0.234 e. The number of rotatable bonds is 3. The van der Waals surface area contributed by atoms with E-state index >= 15 is 0 Å². The molecule has 3 heterocycles. The number of amides is 1. The van der Waals surface area contributed by atoms with Crippen LogP contribution in [0.15, 0.2) is 24.3 Å². The van der Waals surface area contributed by atoms with Crippen molar-refractivity contribution in [1.29, 1.82) is 0 Å². The molecule has 0 radical (unpaired) electrons. The van der Waals surface area contributed by atoms with Crippen molar-refractivity contribution in [2.75, 3.05) is 46.0 Å². The summed E-state index contributed by atoms with van der Waals surface area (Å²) in [7, 11) is 0. The molecule has 1 amide bonds. The summed E-state index contributed by atoms with van der Waals surface area (Å²) in [6.45, 7) is 5.92. The number of nitrogens with zero attached hydrogens (tertiary/aromatic N) is 2. The van der Waals surface area contributed by atoms with Crippen LogP contribution in [0.3, 0.4) is 0 Å². The minimum atomic E-state index is -0.128. The number of ether oxygens (including phenoxy) is 2. The molecule has 2 atom stereocenters. The van der Waals surface area contributed by atoms with E-state index in [9.17, 15) is 4.79 Å². The Kier molecular flexibility index (Phi) is 4.23. The van der Waals surface area contributed by atoms with E-state index < -0.39 is 0 Å². The Morgan fingerprint density at radius 3 is 2.87 bits per heavy atom. The molecule has 0 saturated carbocycles. The second-order valence-corrected chi connectivity index (χ2v) is 6.64. The molecule has 124 valence electrons. The Hall–Kier alpha value is -1.59. The van der Waals surface area contributed by atoms with Crippen molar-refractivity contribution in [3.05, 3.63) is 29.8 Å². The predicted molar refractivity (Wildman–Crippen MR) is 86.7 cm³/mol. The fraction of sp³-hybridized carbons (Fsp3) is 0.611. The Morgan fingerprint density at radius 1 is 1.17 bits per heavy atom. The van der Waals surface area contributed by atoms with Gasteiger partial charge in [0.15, 0.2) is 0 Å². The largest absolute Gasteiger partial charge is 0.492 e. The van der Waals surface area contributed by atoms with Gasteiger partial charge < -0.3 is 14.4 Å². The molecule has 0 unspecified atom stereocenters. The summed E-state index contributed by atoms with van der Waals surface area (Å²) < 4.78 is 11.1. The standard InChI is InChI=1S/C18H24N2O3/c21-18(16-13-23-17-6-2-1-5-15(16)17)20-7-3-4-14(20)12-19-8-10-22-11-9-19/h1-2,5-6,14,16H,3-4,7-13H2/t14-,16+/m0/s1. The number of benzene rings is 1. The lowest BCUT2D eigenvalue weighted by Crippen LogP contribution is -2.48. The Bertz CT molecular complexity index is 571. The fourth-order valence-electron chi connectivity index (χ4n) is 3.96. The van der Waals surface area contributed by atoms with Gasteiger partial charge in [0.1, 0.15) is 18.3 Å². The lowest BCUT2D eigenvalue weighted by Gasteiger charge is -2.33. The summed E-state index contributed by atoms with van der Waals surface area (Å²) in [5.41, 5.74) is 1.05. The first kappa shape index (κ1) is 15.0. The highest BCUT2D eigenvalue weighted by Crippen LogP contribution is 2.36. The number of hydrogen-bond acceptors (Lipinski definition) is 4. The van der Waals surface area contributed by atoms with Crippen molar-refractivity contribution in [2.45, 2.75) is 24.8 Å². The average Bonchev–Trinajstić information content (AvgIpc) is 3.22. The second kappa shape index (κ2) is 6.49. The molecule has 23 heavy (non-hydrogen) atoms. The summed E-state index contributed by atoms with van der Waals surface area (Å²) in [5, 5.41) is 0. The van der Waals surface area contributed by atoms with E-state index in [1.54, 1.807) is 0 Å². The van der Waals surface area contributed by atoms with Crippen LogP contribution in [0.4, 0.5) is 0 Å². The lowest BCUT2D eigenvalue weighted by atomic mass is 9.99. The van der Waals surface area contributed by atoms with Gasteiger partial charge in [0.25, 0.3) is 0 Å². The molecular weight excluding hydrogens is 292 g/mol.